The molecule has 17 heavy (non-hydrogen) atoms. The molecule has 2 rings (SSSR count). The summed E-state index contributed by atoms with van der Waals surface area (Å²) in [5.74, 6) is 0.121. The van der Waals surface area contributed by atoms with Crippen LogP contribution < -0.4 is 16.0 Å². The van der Waals surface area contributed by atoms with Gasteiger partial charge in [-0.15, -0.1) is 0 Å². The summed E-state index contributed by atoms with van der Waals surface area (Å²) in [6.07, 6.45) is 0.886. The molecular weight excluding hydrogens is 214 g/mol. The fourth-order valence-electron chi connectivity index (χ4n) is 2.35. The number of nitrogens with zero attached hydrogens (tertiary/aromatic N) is 1. The molecule has 1 unspecified atom stereocenters. The van der Waals surface area contributed by atoms with E-state index in [9.17, 15) is 4.79 Å². The molecule has 1 amide bonds. The monoisotopic (exact) mass is 233 g/mol. The topological polar surface area (TPSA) is 58.4 Å². The summed E-state index contributed by atoms with van der Waals surface area (Å²) in [6, 6.07) is 7.80. The molecule has 4 nitrogen and oxygen atoms in total. The highest BCUT2D eigenvalue weighted by atomic mass is 16.2. The molecular formula is C13H19N3O. The second-order valence-corrected chi connectivity index (χ2v) is 4.90. The summed E-state index contributed by atoms with van der Waals surface area (Å²) < 4.78 is 0. The average molecular weight is 233 g/mol. The van der Waals surface area contributed by atoms with E-state index in [1.165, 1.54) is 0 Å². The van der Waals surface area contributed by atoms with Gasteiger partial charge in [-0.2, -0.15) is 0 Å². The first-order valence-electron chi connectivity index (χ1n) is 5.88. The zero-order chi connectivity index (χ0) is 12.5. The Kier molecular flexibility index (Phi) is 2.96. The lowest BCUT2D eigenvalue weighted by Crippen LogP contribution is -2.39. The summed E-state index contributed by atoms with van der Waals surface area (Å²) in [5, 5.41) is 2.74. The first-order valence-corrected chi connectivity index (χ1v) is 5.88. The van der Waals surface area contributed by atoms with Crippen LogP contribution in [0.3, 0.4) is 0 Å². The minimum atomic E-state index is -0.282. The van der Waals surface area contributed by atoms with Crippen molar-refractivity contribution in [3.63, 3.8) is 0 Å². The maximum atomic E-state index is 11.8. The van der Waals surface area contributed by atoms with E-state index in [2.05, 4.69) is 10.2 Å². The summed E-state index contributed by atoms with van der Waals surface area (Å²) >= 11 is 0. The van der Waals surface area contributed by atoms with Crippen LogP contribution in [0.1, 0.15) is 13.3 Å². The molecule has 3 N–H and O–H groups in total. The van der Waals surface area contributed by atoms with Crippen LogP contribution in [0.25, 0.3) is 0 Å². The van der Waals surface area contributed by atoms with Crippen molar-refractivity contribution in [2.45, 2.75) is 13.3 Å². The first kappa shape index (κ1) is 11.8. The maximum Gasteiger partial charge on any atom is 0.227 e. The molecule has 92 valence electrons. The molecule has 0 saturated carbocycles. The van der Waals surface area contributed by atoms with E-state index in [1.54, 1.807) is 7.05 Å². The normalized spacial score (nSPS) is 23.8. The van der Waals surface area contributed by atoms with Crippen LogP contribution in [0.2, 0.25) is 0 Å². The van der Waals surface area contributed by atoms with Gasteiger partial charge in [0, 0.05) is 31.5 Å². The lowest BCUT2D eigenvalue weighted by atomic mass is 9.89. The van der Waals surface area contributed by atoms with Crippen molar-refractivity contribution in [3.05, 3.63) is 24.3 Å². The van der Waals surface area contributed by atoms with Crippen molar-refractivity contribution in [3.8, 4) is 0 Å². The van der Waals surface area contributed by atoms with Crippen LogP contribution in [0.5, 0.6) is 0 Å². The van der Waals surface area contributed by atoms with Gasteiger partial charge < -0.3 is 16.0 Å². The molecule has 0 radical (unpaired) electrons. The molecule has 1 aromatic rings. The van der Waals surface area contributed by atoms with Gasteiger partial charge in [0.15, 0.2) is 0 Å². The molecule has 1 atom stereocenters. The second-order valence-electron chi connectivity index (χ2n) is 4.90. The van der Waals surface area contributed by atoms with Gasteiger partial charge in [0.05, 0.1) is 5.41 Å². The summed E-state index contributed by atoms with van der Waals surface area (Å²) in [4.78, 5) is 14.0. The van der Waals surface area contributed by atoms with Gasteiger partial charge in [-0.05, 0) is 37.6 Å². The number of amides is 1. The van der Waals surface area contributed by atoms with Crippen molar-refractivity contribution in [2.75, 3.05) is 30.8 Å². The van der Waals surface area contributed by atoms with Crippen LogP contribution in [0.15, 0.2) is 24.3 Å². The fraction of sp³-hybridized carbons (Fsp3) is 0.462. The van der Waals surface area contributed by atoms with E-state index in [-0.39, 0.29) is 11.3 Å². The minimum absolute atomic E-state index is 0.121. The summed E-state index contributed by atoms with van der Waals surface area (Å²) in [7, 11) is 1.69. The molecule has 1 heterocycles. The Balaban J connectivity index is 2.12. The van der Waals surface area contributed by atoms with Gasteiger partial charge in [0.1, 0.15) is 0 Å². The minimum Gasteiger partial charge on any atom is -0.399 e. The Bertz CT molecular complexity index is 415. The number of carbonyl (C=O) groups excluding carboxylic acids is 1. The maximum absolute atomic E-state index is 11.8. The van der Waals surface area contributed by atoms with E-state index < -0.39 is 0 Å². The molecule has 0 spiro atoms. The van der Waals surface area contributed by atoms with Gasteiger partial charge >= 0.3 is 0 Å². The quantitative estimate of drug-likeness (QED) is 0.755. The number of hydrogen-bond donors (Lipinski definition) is 2. The largest absolute Gasteiger partial charge is 0.399 e. The third-order valence-corrected chi connectivity index (χ3v) is 3.51. The van der Waals surface area contributed by atoms with Crippen LogP contribution in [0, 0.1) is 5.41 Å². The average Bonchev–Trinajstić information content (AvgIpc) is 2.73. The van der Waals surface area contributed by atoms with Crippen LogP contribution in [-0.2, 0) is 4.79 Å². The molecule has 0 aliphatic carbocycles. The third kappa shape index (κ3) is 2.20. The third-order valence-electron chi connectivity index (χ3n) is 3.51. The van der Waals surface area contributed by atoms with Gasteiger partial charge in [-0.25, -0.2) is 0 Å². The van der Waals surface area contributed by atoms with Crippen LogP contribution >= 0.6 is 0 Å². The lowest BCUT2D eigenvalue weighted by Gasteiger charge is -2.23. The number of hydrogen-bond acceptors (Lipinski definition) is 3. The fourth-order valence-corrected chi connectivity index (χ4v) is 2.35. The van der Waals surface area contributed by atoms with Gasteiger partial charge in [0.2, 0.25) is 5.91 Å². The number of nitrogens with two attached hydrogens (primary N) is 1. The molecule has 1 aliphatic heterocycles. The number of rotatable bonds is 2. The van der Waals surface area contributed by atoms with E-state index in [1.807, 2.05) is 31.2 Å². The Labute approximate surface area is 102 Å². The van der Waals surface area contributed by atoms with Crippen LogP contribution in [0.4, 0.5) is 11.4 Å². The zero-order valence-corrected chi connectivity index (χ0v) is 10.4. The van der Waals surface area contributed by atoms with Crippen molar-refractivity contribution in [2.24, 2.45) is 5.41 Å². The first-order chi connectivity index (χ1) is 8.05. The van der Waals surface area contributed by atoms with E-state index >= 15 is 0 Å². The van der Waals surface area contributed by atoms with E-state index in [4.69, 9.17) is 5.73 Å². The molecule has 1 saturated heterocycles. The van der Waals surface area contributed by atoms with Gasteiger partial charge in [-0.1, -0.05) is 0 Å². The molecule has 0 bridgehead atoms. The van der Waals surface area contributed by atoms with Crippen molar-refractivity contribution < 1.29 is 4.79 Å². The highest BCUT2D eigenvalue weighted by Crippen LogP contribution is 2.33. The van der Waals surface area contributed by atoms with Crippen LogP contribution in [-0.4, -0.2) is 26.0 Å². The second kappa shape index (κ2) is 4.28. The standard InChI is InChI=1S/C13H19N3O/c1-13(12(17)15-2)7-8-16(9-13)11-5-3-10(14)4-6-11/h3-6H,7-9,14H2,1-2H3,(H,15,17). The number of nitrogen functional groups attached to an aromatic ring is 1. The van der Waals surface area contributed by atoms with Crippen molar-refractivity contribution >= 4 is 17.3 Å². The molecule has 0 aromatic heterocycles. The Morgan fingerprint density at radius 3 is 2.65 bits per heavy atom. The van der Waals surface area contributed by atoms with Gasteiger partial charge in [0.25, 0.3) is 0 Å². The number of nitrogens with one attached hydrogen (secondary N) is 1. The highest BCUT2D eigenvalue weighted by Gasteiger charge is 2.39. The number of carbonyl (C=O) groups is 1. The predicted molar refractivity (Wildman–Crippen MR) is 69.9 cm³/mol. The van der Waals surface area contributed by atoms with E-state index in [0.29, 0.717) is 0 Å². The highest BCUT2D eigenvalue weighted by molar-refractivity contribution is 5.83. The number of anilines is 2. The molecule has 4 heteroatoms. The Morgan fingerprint density at radius 1 is 1.41 bits per heavy atom. The Morgan fingerprint density at radius 2 is 2.06 bits per heavy atom. The van der Waals surface area contributed by atoms with E-state index in [0.717, 1.165) is 30.9 Å². The van der Waals surface area contributed by atoms with Crippen molar-refractivity contribution in [1.82, 2.24) is 5.32 Å². The Hall–Kier alpha value is -1.71. The number of benzene rings is 1. The summed E-state index contributed by atoms with van der Waals surface area (Å²) in [5.41, 5.74) is 7.28. The molecule has 1 aliphatic rings. The molecule has 1 aromatic carbocycles. The summed E-state index contributed by atoms with van der Waals surface area (Å²) in [6.45, 7) is 3.69. The molecule has 1 fully saturated rings. The predicted octanol–water partition coefficient (Wildman–Crippen LogP) is 1.23. The van der Waals surface area contributed by atoms with Gasteiger partial charge in [-0.3, -0.25) is 4.79 Å². The van der Waals surface area contributed by atoms with Crippen molar-refractivity contribution in [1.29, 1.82) is 0 Å². The lowest BCUT2D eigenvalue weighted by molar-refractivity contribution is -0.128. The smallest absolute Gasteiger partial charge is 0.227 e. The zero-order valence-electron chi connectivity index (χ0n) is 10.4. The SMILES string of the molecule is CNC(=O)C1(C)CCN(c2ccc(N)cc2)C1.